The van der Waals surface area contributed by atoms with E-state index in [0.717, 1.165) is 24.4 Å². The van der Waals surface area contributed by atoms with Crippen LogP contribution in [0, 0.1) is 6.92 Å². The van der Waals surface area contributed by atoms with Crippen LogP contribution < -0.4 is 5.32 Å². The number of carbonyl (C=O) groups excluding carboxylic acids is 1. The Morgan fingerprint density at radius 2 is 2.09 bits per heavy atom. The number of aryl methyl sites for hydroxylation is 1. The van der Waals surface area contributed by atoms with Gasteiger partial charge in [-0.25, -0.2) is 4.68 Å². The predicted molar refractivity (Wildman–Crippen MR) is 95.7 cm³/mol. The number of hydrogen-bond donors (Lipinski definition) is 1. The van der Waals surface area contributed by atoms with E-state index < -0.39 is 0 Å². The molecule has 0 bridgehead atoms. The average molecular weight is 329 g/mol. The maximum Gasteiger partial charge on any atom is 0.235 e. The van der Waals surface area contributed by atoms with E-state index in [2.05, 4.69) is 29.5 Å². The maximum atomic E-state index is 12.2. The van der Waals surface area contributed by atoms with Crippen LogP contribution in [0.3, 0.4) is 0 Å². The van der Waals surface area contributed by atoms with Crippen molar-refractivity contribution in [2.24, 2.45) is 0 Å². The second-order valence-corrected chi connectivity index (χ2v) is 7.05. The second-order valence-electron chi connectivity index (χ2n) is 6.07. The number of thioether (sulfide) groups is 1. The summed E-state index contributed by atoms with van der Waals surface area (Å²) in [6, 6.07) is 10.6. The number of anilines is 1. The van der Waals surface area contributed by atoms with Gasteiger partial charge in [-0.2, -0.15) is 5.10 Å². The van der Waals surface area contributed by atoms with Crippen LogP contribution in [0.15, 0.2) is 36.5 Å². The summed E-state index contributed by atoms with van der Waals surface area (Å²) in [5.41, 5.74) is 2.57. The molecule has 0 radical (unpaired) electrons. The van der Waals surface area contributed by atoms with E-state index in [0.29, 0.717) is 11.8 Å². The Balaban J connectivity index is 1.50. The largest absolute Gasteiger partial charge is 0.310 e. The number of rotatable bonds is 6. The Morgan fingerprint density at radius 1 is 1.30 bits per heavy atom. The summed E-state index contributed by atoms with van der Waals surface area (Å²) in [5, 5.41) is 7.39. The number of carbonyl (C=O) groups is 1. The van der Waals surface area contributed by atoms with Crippen LogP contribution in [-0.4, -0.2) is 21.4 Å². The molecule has 3 rings (SSSR count). The van der Waals surface area contributed by atoms with Gasteiger partial charge in [0.1, 0.15) is 5.82 Å². The Kier molecular flexibility index (Phi) is 5.39. The number of nitrogens with zero attached hydrogens (tertiary/aromatic N) is 2. The summed E-state index contributed by atoms with van der Waals surface area (Å²) in [5.74, 6) is 2.20. The minimum Gasteiger partial charge on any atom is -0.310 e. The molecule has 1 N–H and O–H groups in total. The molecule has 0 saturated heterocycles. The van der Waals surface area contributed by atoms with Crippen molar-refractivity contribution < 1.29 is 4.79 Å². The van der Waals surface area contributed by atoms with Crippen molar-refractivity contribution in [1.82, 2.24) is 9.78 Å². The van der Waals surface area contributed by atoms with Crippen molar-refractivity contribution in [2.45, 2.75) is 44.4 Å². The highest BCUT2D eigenvalue weighted by molar-refractivity contribution is 7.99. The topological polar surface area (TPSA) is 46.9 Å². The third-order valence-corrected chi connectivity index (χ3v) is 5.34. The maximum absolute atomic E-state index is 12.2. The molecule has 1 fully saturated rings. The normalized spacial score (nSPS) is 15.0. The van der Waals surface area contributed by atoms with Crippen molar-refractivity contribution in [1.29, 1.82) is 0 Å². The van der Waals surface area contributed by atoms with Crippen molar-refractivity contribution in [3.05, 3.63) is 47.7 Å². The van der Waals surface area contributed by atoms with E-state index in [4.69, 9.17) is 0 Å². The van der Waals surface area contributed by atoms with Gasteiger partial charge in [0.15, 0.2) is 0 Å². The van der Waals surface area contributed by atoms with Crippen LogP contribution in [0.5, 0.6) is 0 Å². The van der Waals surface area contributed by atoms with Crippen molar-refractivity contribution in [2.75, 3.05) is 11.1 Å². The summed E-state index contributed by atoms with van der Waals surface area (Å²) in [6.07, 6.45) is 6.60. The molecule has 1 aliphatic rings. The fourth-order valence-corrected chi connectivity index (χ4v) is 3.96. The molecule has 0 unspecified atom stereocenters. The minimum atomic E-state index is 0.0448. The van der Waals surface area contributed by atoms with Gasteiger partial charge in [-0.15, -0.1) is 11.8 Å². The number of nitrogens with one attached hydrogen (secondary N) is 1. The molecule has 1 aliphatic carbocycles. The van der Waals surface area contributed by atoms with Crippen LogP contribution in [0.25, 0.3) is 0 Å². The van der Waals surface area contributed by atoms with Crippen LogP contribution in [0.1, 0.15) is 42.9 Å². The first-order chi connectivity index (χ1) is 11.2. The monoisotopic (exact) mass is 329 g/mol. The molecule has 1 aromatic carbocycles. The highest BCUT2D eigenvalue weighted by atomic mass is 32.2. The zero-order valence-corrected chi connectivity index (χ0v) is 14.3. The second kappa shape index (κ2) is 7.68. The first kappa shape index (κ1) is 16.1. The fourth-order valence-electron chi connectivity index (χ4n) is 3.06. The van der Waals surface area contributed by atoms with Gasteiger partial charge >= 0.3 is 0 Å². The van der Waals surface area contributed by atoms with Crippen LogP contribution in [0.2, 0.25) is 0 Å². The van der Waals surface area contributed by atoms with Crippen LogP contribution >= 0.6 is 11.8 Å². The van der Waals surface area contributed by atoms with Crippen molar-refractivity contribution in [3.8, 4) is 0 Å². The molecule has 0 spiro atoms. The molecule has 1 saturated carbocycles. The lowest BCUT2D eigenvalue weighted by Crippen LogP contribution is -2.19. The lowest BCUT2D eigenvalue weighted by atomic mass is 10.1. The highest BCUT2D eigenvalue weighted by Gasteiger charge is 2.20. The van der Waals surface area contributed by atoms with E-state index in [1.807, 2.05) is 22.9 Å². The molecule has 1 aromatic heterocycles. The van der Waals surface area contributed by atoms with Crippen LogP contribution in [0.4, 0.5) is 5.82 Å². The molecule has 23 heavy (non-hydrogen) atoms. The van der Waals surface area contributed by atoms with Crippen LogP contribution in [-0.2, 0) is 10.5 Å². The smallest absolute Gasteiger partial charge is 0.235 e. The number of hydrogen-bond acceptors (Lipinski definition) is 3. The third kappa shape index (κ3) is 4.16. The van der Waals surface area contributed by atoms with E-state index in [1.165, 1.54) is 24.0 Å². The molecule has 0 aliphatic heterocycles. The molecular formula is C18H23N3OS. The zero-order valence-electron chi connectivity index (χ0n) is 13.5. The third-order valence-electron chi connectivity index (χ3n) is 4.36. The Labute approximate surface area is 141 Å². The quantitative estimate of drug-likeness (QED) is 0.865. The van der Waals surface area contributed by atoms with Crippen molar-refractivity contribution in [3.63, 3.8) is 0 Å². The van der Waals surface area contributed by atoms with Gasteiger partial charge in [-0.1, -0.05) is 37.1 Å². The molecule has 122 valence electrons. The summed E-state index contributed by atoms with van der Waals surface area (Å²) in [6.45, 7) is 2.11. The summed E-state index contributed by atoms with van der Waals surface area (Å²) in [4.78, 5) is 12.2. The standard InChI is InChI=1S/C18H23N3OS/c1-14-6-2-3-7-15(14)12-23-13-18(22)20-17-10-11-19-21(17)16-8-4-5-9-16/h2-3,6-7,10-11,16H,4-5,8-9,12-13H2,1H3,(H,20,22). The molecular weight excluding hydrogens is 306 g/mol. The molecule has 5 heteroatoms. The molecule has 1 amide bonds. The van der Waals surface area contributed by atoms with Crippen molar-refractivity contribution >= 4 is 23.5 Å². The molecule has 4 nitrogen and oxygen atoms in total. The van der Waals surface area contributed by atoms with Gasteiger partial charge in [0.2, 0.25) is 5.91 Å². The lowest BCUT2D eigenvalue weighted by molar-refractivity contribution is -0.113. The number of amides is 1. The molecule has 0 atom stereocenters. The van der Waals surface area contributed by atoms with E-state index in [-0.39, 0.29) is 5.91 Å². The minimum absolute atomic E-state index is 0.0448. The highest BCUT2D eigenvalue weighted by Crippen LogP contribution is 2.31. The summed E-state index contributed by atoms with van der Waals surface area (Å²) >= 11 is 1.65. The summed E-state index contributed by atoms with van der Waals surface area (Å²) in [7, 11) is 0. The lowest BCUT2D eigenvalue weighted by Gasteiger charge is -2.14. The number of aromatic nitrogens is 2. The van der Waals surface area contributed by atoms with E-state index in [9.17, 15) is 4.79 Å². The van der Waals surface area contributed by atoms with E-state index >= 15 is 0 Å². The molecule has 1 heterocycles. The van der Waals surface area contributed by atoms with Gasteiger partial charge in [-0.05, 0) is 30.9 Å². The first-order valence-corrected chi connectivity index (χ1v) is 9.35. The van der Waals surface area contributed by atoms with Gasteiger partial charge in [0.25, 0.3) is 0 Å². The van der Waals surface area contributed by atoms with Gasteiger partial charge < -0.3 is 5.32 Å². The summed E-state index contributed by atoms with van der Waals surface area (Å²) < 4.78 is 1.98. The average Bonchev–Trinajstić information content (AvgIpc) is 3.20. The fraction of sp³-hybridized carbons (Fsp3) is 0.444. The SMILES string of the molecule is Cc1ccccc1CSCC(=O)Nc1ccnn1C1CCCC1. The molecule has 2 aromatic rings. The predicted octanol–water partition coefficient (Wildman–Crippen LogP) is 4.18. The van der Waals surface area contributed by atoms with Gasteiger partial charge in [0, 0.05) is 11.8 Å². The first-order valence-electron chi connectivity index (χ1n) is 8.19. The van der Waals surface area contributed by atoms with Gasteiger partial charge in [0.05, 0.1) is 18.0 Å². The Morgan fingerprint density at radius 3 is 2.87 bits per heavy atom. The Hall–Kier alpha value is -1.75. The Bertz CT molecular complexity index is 662. The van der Waals surface area contributed by atoms with Gasteiger partial charge in [-0.3, -0.25) is 4.79 Å². The zero-order chi connectivity index (χ0) is 16.1. The van der Waals surface area contributed by atoms with E-state index in [1.54, 1.807) is 18.0 Å². The number of benzene rings is 1.